The first-order valence-electron chi connectivity index (χ1n) is 13.7. The fourth-order valence-electron chi connectivity index (χ4n) is 5.15. The van der Waals surface area contributed by atoms with E-state index in [-0.39, 0.29) is 46.3 Å². The molecule has 1 fully saturated rings. The van der Waals surface area contributed by atoms with E-state index in [0.29, 0.717) is 5.56 Å². The van der Waals surface area contributed by atoms with Crippen LogP contribution in [0.5, 0.6) is 0 Å². The third kappa shape index (κ3) is 8.46. The van der Waals surface area contributed by atoms with E-state index in [1.54, 1.807) is 18.2 Å². The molecular formula is C30H32Cl2N4O6S. The molecule has 3 aromatic rings. The van der Waals surface area contributed by atoms with Crippen molar-refractivity contribution in [1.29, 1.82) is 0 Å². The molecule has 0 heterocycles. The summed E-state index contributed by atoms with van der Waals surface area (Å²) in [7, 11) is -4.09. The van der Waals surface area contributed by atoms with Crippen LogP contribution >= 0.6 is 23.2 Å². The molecule has 0 saturated heterocycles. The summed E-state index contributed by atoms with van der Waals surface area (Å²) in [6.45, 7) is -0.899. The number of halogens is 2. The lowest BCUT2D eigenvalue weighted by Crippen LogP contribution is -2.54. The molecule has 0 radical (unpaired) electrons. The zero-order valence-electron chi connectivity index (χ0n) is 23.5. The number of amides is 2. The first-order valence-corrected chi connectivity index (χ1v) is 16.3. The molecular weight excluding hydrogens is 615 g/mol. The Morgan fingerprint density at radius 3 is 2.23 bits per heavy atom. The van der Waals surface area contributed by atoms with Crippen molar-refractivity contribution in [3.8, 4) is 0 Å². The SMILES string of the molecule is CS(=O)(=O)N(CC(=O)N(Cc1c(Cl)cccc1Cl)C(Cc1ccccc1)C(=O)NC1CCCC1)c1cccc([N+](=O)[O-])c1. The average Bonchev–Trinajstić information content (AvgIpc) is 3.48. The van der Waals surface area contributed by atoms with Crippen LogP contribution in [0, 0.1) is 10.1 Å². The minimum atomic E-state index is -4.09. The highest BCUT2D eigenvalue weighted by Gasteiger charge is 2.35. The largest absolute Gasteiger partial charge is 0.352 e. The summed E-state index contributed by atoms with van der Waals surface area (Å²) in [6, 6.07) is 18.0. The molecule has 13 heteroatoms. The highest BCUT2D eigenvalue weighted by atomic mass is 35.5. The van der Waals surface area contributed by atoms with Gasteiger partial charge in [0.25, 0.3) is 5.69 Å². The van der Waals surface area contributed by atoms with E-state index in [1.807, 2.05) is 30.3 Å². The number of benzene rings is 3. The van der Waals surface area contributed by atoms with Gasteiger partial charge in [-0.05, 0) is 36.6 Å². The van der Waals surface area contributed by atoms with Crippen molar-refractivity contribution in [3.63, 3.8) is 0 Å². The summed E-state index contributed by atoms with van der Waals surface area (Å²) in [6.07, 6.45) is 4.66. The number of hydrogen-bond donors (Lipinski definition) is 1. The van der Waals surface area contributed by atoms with E-state index in [4.69, 9.17) is 23.2 Å². The maximum Gasteiger partial charge on any atom is 0.271 e. The van der Waals surface area contributed by atoms with Crippen LogP contribution < -0.4 is 9.62 Å². The van der Waals surface area contributed by atoms with Gasteiger partial charge in [0.2, 0.25) is 21.8 Å². The van der Waals surface area contributed by atoms with Gasteiger partial charge in [0, 0.05) is 46.7 Å². The van der Waals surface area contributed by atoms with Crippen LogP contribution in [0.1, 0.15) is 36.8 Å². The highest BCUT2D eigenvalue weighted by Crippen LogP contribution is 2.29. The number of nitro groups is 1. The summed E-state index contributed by atoms with van der Waals surface area (Å²) in [5.74, 6) is -1.09. The second-order valence-electron chi connectivity index (χ2n) is 10.5. The molecule has 4 rings (SSSR count). The van der Waals surface area contributed by atoms with E-state index in [2.05, 4.69) is 5.32 Å². The van der Waals surface area contributed by atoms with Gasteiger partial charge < -0.3 is 10.2 Å². The lowest BCUT2D eigenvalue weighted by atomic mass is 10.0. The van der Waals surface area contributed by atoms with Crippen LogP contribution in [-0.4, -0.2) is 54.9 Å². The highest BCUT2D eigenvalue weighted by molar-refractivity contribution is 7.92. The molecule has 2 amide bonds. The maximum atomic E-state index is 14.2. The van der Waals surface area contributed by atoms with Crippen molar-refractivity contribution in [3.05, 3.63) is 104 Å². The van der Waals surface area contributed by atoms with Gasteiger partial charge in [-0.3, -0.25) is 24.0 Å². The molecule has 0 aliphatic heterocycles. The third-order valence-electron chi connectivity index (χ3n) is 7.37. The molecule has 0 bridgehead atoms. The van der Waals surface area contributed by atoms with Crippen LogP contribution in [0.2, 0.25) is 10.0 Å². The zero-order chi connectivity index (χ0) is 31.1. The second-order valence-corrected chi connectivity index (χ2v) is 13.2. The van der Waals surface area contributed by atoms with Crippen LogP contribution in [0.4, 0.5) is 11.4 Å². The summed E-state index contributed by atoms with van der Waals surface area (Å²) in [4.78, 5) is 40.2. The number of hydrogen-bond acceptors (Lipinski definition) is 6. The zero-order valence-corrected chi connectivity index (χ0v) is 25.8. The van der Waals surface area contributed by atoms with Crippen molar-refractivity contribution in [2.24, 2.45) is 0 Å². The number of nitrogens with one attached hydrogen (secondary N) is 1. The smallest absolute Gasteiger partial charge is 0.271 e. The molecule has 0 aromatic heterocycles. The Morgan fingerprint density at radius 1 is 1.00 bits per heavy atom. The first kappa shape index (κ1) is 32.2. The quantitative estimate of drug-likeness (QED) is 0.208. The van der Waals surface area contributed by atoms with Crippen LogP contribution in [-0.2, 0) is 32.6 Å². The van der Waals surface area contributed by atoms with E-state index >= 15 is 0 Å². The standard InChI is InChI=1S/C30H32Cl2N4O6S/c1-43(41,42)35(23-13-7-14-24(18-23)36(39)40)20-29(37)34(19-25-26(31)15-8-16-27(25)32)28(17-21-9-3-2-4-10-21)30(38)33-22-11-5-6-12-22/h2-4,7-10,13-16,18,22,28H,5-6,11-12,17,19-20H2,1H3,(H,33,38). The third-order valence-corrected chi connectivity index (χ3v) is 9.22. The van der Waals surface area contributed by atoms with E-state index in [9.17, 15) is 28.1 Å². The molecule has 1 saturated carbocycles. The fourth-order valence-corrected chi connectivity index (χ4v) is 6.51. The predicted octanol–water partition coefficient (Wildman–Crippen LogP) is 5.37. The molecule has 228 valence electrons. The Hall–Kier alpha value is -3.67. The monoisotopic (exact) mass is 646 g/mol. The number of carbonyl (C=O) groups is 2. The number of rotatable bonds is 12. The average molecular weight is 648 g/mol. The molecule has 10 nitrogen and oxygen atoms in total. The van der Waals surface area contributed by atoms with Crippen molar-refractivity contribution in [1.82, 2.24) is 10.2 Å². The molecule has 1 aliphatic rings. The molecule has 3 aromatic carbocycles. The van der Waals surface area contributed by atoms with Crippen LogP contribution in [0.15, 0.2) is 72.8 Å². The lowest BCUT2D eigenvalue weighted by Gasteiger charge is -2.34. The Morgan fingerprint density at radius 2 is 1.63 bits per heavy atom. The molecule has 1 aliphatic carbocycles. The number of sulfonamides is 1. The molecule has 1 N–H and O–H groups in total. The summed E-state index contributed by atoms with van der Waals surface area (Å²) in [5.41, 5.74) is 0.787. The number of anilines is 1. The normalized spacial score (nSPS) is 14.2. The van der Waals surface area contributed by atoms with Gasteiger partial charge >= 0.3 is 0 Å². The molecule has 1 atom stereocenters. The number of nitro benzene ring substituents is 1. The van der Waals surface area contributed by atoms with Gasteiger partial charge in [0.05, 0.1) is 16.9 Å². The Balaban J connectivity index is 1.77. The van der Waals surface area contributed by atoms with E-state index < -0.39 is 33.4 Å². The van der Waals surface area contributed by atoms with Crippen molar-refractivity contribution >= 4 is 56.4 Å². The Labute approximate surface area is 260 Å². The topological polar surface area (TPSA) is 130 Å². The Kier molecular flexibility index (Phi) is 10.6. The van der Waals surface area contributed by atoms with Gasteiger partial charge in [-0.25, -0.2) is 8.42 Å². The van der Waals surface area contributed by atoms with Gasteiger partial charge in [-0.1, -0.05) is 78.5 Å². The van der Waals surface area contributed by atoms with E-state index in [0.717, 1.165) is 47.9 Å². The van der Waals surface area contributed by atoms with Gasteiger partial charge in [-0.15, -0.1) is 0 Å². The van der Waals surface area contributed by atoms with Crippen LogP contribution in [0.25, 0.3) is 0 Å². The summed E-state index contributed by atoms with van der Waals surface area (Å²) < 4.78 is 26.6. The van der Waals surface area contributed by atoms with Crippen LogP contribution in [0.3, 0.4) is 0 Å². The minimum absolute atomic E-state index is 0.0380. The molecule has 1 unspecified atom stereocenters. The second kappa shape index (κ2) is 14.2. The summed E-state index contributed by atoms with van der Waals surface area (Å²) in [5, 5.41) is 15.0. The number of carbonyl (C=O) groups excluding carboxylic acids is 2. The minimum Gasteiger partial charge on any atom is -0.352 e. The number of non-ortho nitro benzene ring substituents is 1. The molecule has 43 heavy (non-hydrogen) atoms. The van der Waals surface area contributed by atoms with Crippen molar-refractivity contribution in [2.75, 3.05) is 17.1 Å². The molecule has 0 spiro atoms. The first-order chi connectivity index (χ1) is 20.4. The summed E-state index contributed by atoms with van der Waals surface area (Å²) >= 11 is 13.0. The van der Waals surface area contributed by atoms with Gasteiger partial charge in [0.15, 0.2) is 0 Å². The van der Waals surface area contributed by atoms with E-state index in [1.165, 1.54) is 23.1 Å². The fraction of sp³-hybridized carbons (Fsp3) is 0.333. The predicted molar refractivity (Wildman–Crippen MR) is 167 cm³/mol. The maximum absolute atomic E-state index is 14.2. The van der Waals surface area contributed by atoms with Crippen molar-refractivity contribution < 1.29 is 22.9 Å². The number of nitrogens with zero attached hydrogens (tertiary/aromatic N) is 3. The van der Waals surface area contributed by atoms with Crippen molar-refractivity contribution in [2.45, 2.75) is 50.7 Å². The Bertz CT molecular complexity index is 1560. The van der Waals surface area contributed by atoms with Gasteiger partial charge in [-0.2, -0.15) is 0 Å². The lowest BCUT2D eigenvalue weighted by molar-refractivity contribution is -0.384. The van der Waals surface area contributed by atoms with Gasteiger partial charge in [0.1, 0.15) is 12.6 Å².